The maximum absolute atomic E-state index is 9.83. The van der Waals surface area contributed by atoms with Crippen LogP contribution in [0.1, 0.15) is 32.1 Å². The van der Waals surface area contributed by atoms with Gasteiger partial charge in [-0.2, -0.15) is 0 Å². The average Bonchev–Trinajstić information content (AvgIpc) is 3.07. The quantitative estimate of drug-likeness (QED) is 0.466. The molecule has 1 aliphatic carbocycles. The van der Waals surface area contributed by atoms with E-state index in [1.807, 2.05) is 0 Å². The van der Waals surface area contributed by atoms with E-state index in [4.69, 9.17) is 14.9 Å². The van der Waals surface area contributed by atoms with Gasteiger partial charge in [-0.3, -0.25) is 0 Å². The molecule has 3 unspecified atom stereocenters. The summed E-state index contributed by atoms with van der Waals surface area (Å²) in [4.78, 5) is 9.83. The van der Waals surface area contributed by atoms with Crippen LogP contribution in [0.4, 0.5) is 0 Å². The Morgan fingerprint density at radius 2 is 1.88 bits per heavy atom. The highest BCUT2D eigenvalue weighted by Gasteiger charge is 2.43. The molecule has 2 fully saturated rings. The van der Waals surface area contributed by atoms with Crippen LogP contribution in [0.3, 0.4) is 0 Å². The molecule has 0 aromatic carbocycles. The van der Waals surface area contributed by atoms with E-state index in [1.54, 1.807) is 0 Å². The minimum absolute atomic E-state index is 0.220. The van der Waals surface area contributed by atoms with Crippen molar-refractivity contribution in [3.05, 3.63) is 0 Å². The van der Waals surface area contributed by atoms with Gasteiger partial charge in [-0.1, -0.05) is 12.8 Å². The molecule has 3 atom stereocenters. The molecular weight excluding hydrogens is 224 g/mol. The fourth-order valence-electron chi connectivity index (χ4n) is 2.68. The third-order valence-electron chi connectivity index (χ3n) is 3.96. The molecule has 1 saturated carbocycles. The molecular formula is C11H22O4Si. The molecule has 0 amide bonds. The number of ether oxygens (including phenoxy) is 1. The van der Waals surface area contributed by atoms with Gasteiger partial charge in [-0.15, -0.1) is 0 Å². The summed E-state index contributed by atoms with van der Waals surface area (Å²) in [5.74, 6) is 0.722. The first-order valence-electron chi connectivity index (χ1n) is 6.26. The lowest BCUT2D eigenvalue weighted by Crippen LogP contribution is -2.44. The first-order valence-corrected chi connectivity index (χ1v) is 8.83. The molecule has 0 aromatic heterocycles. The minimum atomic E-state index is -2.71. The molecule has 0 aromatic rings. The number of epoxide rings is 1. The summed E-state index contributed by atoms with van der Waals surface area (Å²) in [6.45, 7) is 0. The number of aliphatic hydroxyl groups is 2. The Morgan fingerprint density at radius 3 is 2.50 bits per heavy atom. The average molecular weight is 246 g/mol. The Labute approximate surface area is 97.4 Å². The highest BCUT2D eigenvalue weighted by molar-refractivity contribution is 6.72. The van der Waals surface area contributed by atoms with Crippen molar-refractivity contribution in [1.82, 2.24) is 0 Å². The van der Waals surface area contributed by atoms with Crippen LogP contribution in [-0.4, -0.2) is 48.0 Å². The van der Waals surface area contributed by atoms with E-state index in [2.05, 4.69) is 0 Å². The Hall–Kier alpha value is 0.0569. The summed E-state index contributed by atoms with van der Waals surface area (Å²) in [5, 5.41) is 18.0. The molecule has 3 N–H and O–H groups in total. The van der Waals surface area contributed by atoms with Crippen molar-refractivity contribution in [1.29, 1.82) is 0 Å². The first kappa shape index (κ1) is 12.5. The summed E-state index contributed by atoms with van der Waals surface area (Å²) in [5.41, 5.74) is 0. The fourth-order valence-corrected chi connectivity index (χ4v) is 3.96. The summed E-state index contributed by atoms with van der Waals surface area (Å²) in [6.07, 6.45) is 6.25. The van der Waals surface area contributed by atoms with Gasteiger partial charge in [0.2, 0.25) is 8.32 Å². The molecule has 2 aliphatic rings. The van der Waals surface area contributed by atoms with Crippen molar-refractivity contribution in [2.75, 3.05) is 12.5 Å². The van der Waals surface area contributed by atoms with Crippen LogP contribution in [0.2, 0.25) is 6.04 Å². The van der Waals surface area contributed by atoms with Crippen molar-refractivity contribution in [3.63, 3.8) is 0 Å². The highest BCUT2D eigenvalue weighted by atomic mass is 28.4. The number of aliphatic hydroxyl groups excluding tert-OH is 2. The second kappa shape index (κ2) is 5.14. The van der Waals surface area contributed by atoms with Crippen LogP contribution in [0.25, 0.3) is 0 Å². The van der Waals surface area contributed by atoms with Crippen LogP contribution in [0.5, 0.6) is 0 Å². The number of rotatable bonds is 6. The van der Waals surface area contributed by atoms with Crippen LogP contribution in [0, 0.1) is 5.92 Å². The van der Waals surface area contributed by atoms with Crippen LogP contribution < -0.4 is 0 Å². The number of hydrogen-bond donors (Lipinski definition) is 3. The minimum Gasteiger partial charge on any atom is -0.428 e. The third-order valence-corrected chi connectivity index (χ3v) is 6.42. The molecule has 1 saturated heterocycles. The third kappa shape index (κ3) is 3.04. The van der Waals surface area contributed by atoms with E-state index in [0.717, 1.165) is 18.8 Å². The number of hydrogen-bond acceptors (Lipinski definition) is 4. The Balaban J connectivity index is 1.63. The van der Waals surface area contributed by atoms with Gasteiger partial charge in [0.15, 0.2) is 0 Å². The van der Waals surface area contributed by atoms with Crippen molar-refractivity contribution < 1.29 is 19.7 Å². The molecule has 4 nitrogen and oxygen atoms in total. The summed E-state index contributed by atoms with van der Waals surface area (Å²) < 4.78 is 5.48. The smallest absolute Gasteiger partial charge is 0.238 e. The Kier molecular flexibility index (Phi) is 4.02. The first-order chi connectivity index (χ1) is 7.67. The van der Waals surface area contributed by atoms with Crippen molar-refractivity contribution in [3.8, 4) is 0 Å². The second-order valence-electron chi connectivity index (χ2n) is 5.32. The topological polar surface area (TPSA) is 73.2 Å². The van der Waals surface area contributed by atoms with Crippen LogP contribution in [-0.2, 0) is 4.74 Å². The molecule has 0 spiro atoms. The lowest BCUT2D eigenvalue weighted by atomic mass is 9.86. The van der Waals surface area contributed by atoms with Crippen molar-refractivity contribution in [2.24, 2.45) is 5.92 Å². The zero-order chi connectivity index (χ0) is 11.6. The molecule has 0 bridgehead atoms. The molecule has 94 valence electrons. The van der Waals surface area contributed by atoms with Crippen molar-refractivity contribution >= 4 is 8.32 Å². The summed E-state index contributed by atoms with van der Waals surface area (Å²) >= 11 is 0. The lowest BCUT2D eigenvalue weighted by Gasteiger charge is -2.22. The lowest BCUT2D eigenvalue weighted by molar-refractivity contribution is 0.275. The molecule has 1 aliphatic heterocycles. The number of fused-ring (bicyclic) bond motifs is 1. The van der Waals surface area contributed by atoms with Gasteiger partial charge in [0, 0.05) is 0 Å². The van der Waals surface area contributed by atoms with E-state index in [-0.39, 0.29) is 12.5 Å². The summed E-state index contributed by atoms with van der Waals surface area (Å²) in [7, 11) is -2.71. The molecule has 2 rings (SSSR count). The molecule has 16 heavy (non-hydrogen) atoms. The van der Waals surface area contributed by atoms with Gasteiger partial charge >= 0.3 is 0 Å². The Bertz CT molecular complexity index is 232. The maximum Gasteiger partial charge on any atom is 0.238 e. The maximum atomic E-state index is 9.83. The van der Waals surface area contributed by atoms with Gasteiger partial charge < -0.3 is 19.7 Å². The molecule has 1 heterocycles. The zero-order valence-corrected chi connectivity index (χ0v) is 10.6. The van der Waals surface area contributed by atoms with E-state index in [0.29, 0.717) is 18.3 Å². The van der Waals surface area contributed by atoms with Gasteiger partial charge in [0.25, 0.3) is 0 Å². The van der Waals surface area contributed by atoms with E-state index < -0.39 is 8.32 Å². The molecule has 0 radical (unpaired) electrons. The van der Waals surface area contributed by atoms with E-state index >= 15 is 0 Å². The van der Waals surface area contributed by atoms with Crippen LogP contribution in [0.15, 0.2) is 0 Å². The Morgan fingerprint density at radius 1 is 1.12 bits per heavy atom. The van der Waals surface area contributed by atoms with E-state index in [9.17, 15) is 4.80 Å². The zero-order valence-electron chi connectivity index (χ0n) is 9.64. The predicted molar refractivity (Wildman–Crippen MR) is 62.2 cm³/mol. The predicted octanol–water partition coefficient (Wildman–Crippen LogP) is 0.335. The summed E-state index contributed by atoms with van der Waals surface area (Å²) in [6, 6.07) is 0.617. The molecule has 5 heteroatoms. The SMILES string of the molecule is OC[Si](O)(CO)CCCC1CCC2OC2C1. The standard InChI is InChI=1S/C11H22O4Si/c12-7-16(14,8-13)5-1-2-9-3-4-10-11(6-9)15-10/h9-14H,1-8H2. The second-order valence-corrected chi connectivity index (χ2v) is 8.91. The van der Waals surface area contributed by atoms with Gasteiger partial charge in [0.1, 0.15) is 0 Å². The van der Waals surface area contributed by atoms with E-state index in [1.165, 1.54) is 19.3 Å². The normalized spacial score (nSPS) is 33.6. The van der Waals surface area contributed by atoms with Gasteiger partial charge in [-0.05, 0) is 31.2 Å². The van der Waals surface area contributed by atoms with Crippen LogP contribution >= 0.6 is 0 Å². The van der Waals surface area contributed by atoms with Crippen molar-refractivity contribution in [2.45, 2.75) is 50.4 Å². The fraction of sp³-hybridized carbons (Fsp3) is 1.00. The van der Waals surface area contributed by atoms with Gasteiger partial charge in [-0.25, -0.2) is 0 Å². The monoisotopic (exact) mass is 246 g/mol. The highest BCUT2D eigenvalue weighted by Crippen LogP contribution is 2.41. The van der Waals surface area contributed by atoms with Gasteiger partial charge in [0.05, 0.1) is 24.7 Å². The largest absolute Gasteiger partial charge is 0.428 e.